The van der Waals surface area contributed by atoms with Gasteiger partial charge in [0.25, 0.3) is 5.22 Å². The third kappa shape index (κ3) is 3.22. The van der Waals surface area contributed by atoms with Crippen molar-refractivity contribution in [2.45, 2.75) is 5.22 Å². The highest BCUT2D eigenvalue weighted by molar-refractivity contribution is 9.10. The first-order chi connectivity index (χ1) is 10.2. The number of hydrogen-bond donors (Lipinski definition) is 0. The Hall–Kier alpha value is -1.92. The predicted octanol–water partition coefficient (Wildman–Crippen LogP) is 4.43. The molecular formula is C15H9BrN2O2S. The second-order valence-electron chi connectivity index (χ2n) is 4.11. The summed E-state index contributed by atoms with van der Waals surface area (Å²) in [6.07, 6.45) is 0. The monoisotopic (exact) mass is 360 g/mol. The lowest BCUT2D eigenvalue weighted by atomic mass is 10.2. The number of carbonyl (C=O) groups is 1. The average molecular weight is 361 g/mol. The molecule has 0 aliphatic rings. The topological polar surface area (TPSA) is 56.0 Å². The van der Waals surface area contributed by atoms with E-state index in [2.05, 4.69) is 26.1 Å². The molecule has 0 unspecified atom stereocenters. The molecule has 1 aromatic heterocycles. The molecule has 21 heavy (non-hydrogen) atoms. The molecule has 4 nitrogen and oxygen atoms in total. The smallest absolute Gasteiger partial charge is 0.284 e. The molecule has 0 saturated heterocycles. The summed E-state index contributed by atoms with van der Waals surface area (Å²) >= 11 is 4.27. The molecule has 0 bridgehead atoms. The summed E-state index contributed by atoms with van der Waals surface area (Å²) in [6, 6.07) is 16.6. The minimum atomic E-state index is -0.147. The highest BCUT2D eigenvalue weighted by Gasteiger charge is 2.16. The SMILES string of the molecule is O=C(Sc1nnc(-c2ccccc2)o1)c1ccccc1Br. The largest absolute Gasteiger partial charge is 0.411 e. The van der Waals surface area contributed by atoms with E-state index in [1.165, 1.54) is 0 Å². The van der Waals surface area contributed by atoms with Gasteiger partial charge in [-0.3, -0.25) is 4.79 Å². The van der Waals surface area contributed by atoms with Crippen LogP contribution in [0.4, 0.5) is 0 Å². The van der Waals surface area contributed by atoms with Gasteiger partial charge in [0, 0.05) is 27.4 Å². The highest BCUT2D eigenvalue weighted by atomic mass is 79.9. The minimum absolute atomic E-state index is 0.147. The van der Waals surface area contributed by atoms with Gasteiger partial charge in [0.05, 0.1) is 0 Å². The van der Waals surface area contributed by atoms with Crippen LogP contribution in [0.25, 0.3) is 11.5 Å². The molecule has 2 aromatic carbocycles. The summed E-state index contributed by atoms with van der Waals surface area (Å²) in [5, 5.41) is 7.94. The molecule has 0 saturated carbocycles. The third-order valence-electron chi connectivity index (χ3n) is 2.70. The molecule has 3 aromatic rings. The highest BCUT2D eigenvalue weighted by Crippen LogP contribution is 2.28. The molecule has 0 N–H and O–H groups in total. The lowest BCUT2D eigenvalue weighted by Gasteiger charge is -1.99. The van der Waals surface area contributed by atoms with Gasteiger partial charge in [-0.15, -0.1) is 10.2 Å². The first-order valence-corrected chi connectivity index (χ1v) is 7.70. The van der Waals surface area contributed by atoms with E-state index in [4.69, 9.17) is 4.42 Å². The van der Waals surface area contributed by atoms with Crippen molar-refractivity contribution in [3.05, 3.63) is 64.6 Å². The van der Waals surface area contributed by atoms with Crippen LogP contribution in [0.3, 0.4) is 0 Å². The maximum Gasteiger partial charge on any atom is 0.284 e. The summed E-state index contributed by atoms with van der Waals surface area (Å²) in [5.41, 5.74) is 1.40. The van der Waals surface area contributed by atoms with E-state index in [9.17, 15) is 4.79 Å². The molecule has 3 rings (SSSR count). The number of benzene rings is 2. The lowest BCUT2D eigenvalue weighted by Crippen LogP contribution is -1.94. The van der Waals surface area contributed by atoms with Gasteiger partial charge in [0.2, 0.25) is 11.0 Å². The average Bonchev–Trinajstić information content (AvgIpc) is 2.97. The zero-order valence-electron chi connectivity index (χ0n) is 10.7. The molecule has 0 aliphatic heterocycles. The van der Waals surface area contributed by atoms with Crippen LogP contribution in [-0.2, 0) is 0 Å². The number of thioether (sulfide) groups is 1. The molecule has 0 amide bonds. The van der Waals surface area contributed by atoms with Crippen molar-refractivity contribution in [3.8, 4) is 11.5 Å². The zero-order valence-corrected chi connectivity index (χ0v) is 13.1. The van der Waals surface area contributed by atoms with Gasteiger partial charge < -0.3 is 4.42 Å². The van der Waals surface area contributed by atoms with Gasteiger partial charge in [-0.25, -0.2) is 0 Å². The maximum atomic E-state index is 12.2. The van der Waals surface area contributed by atoms with E-state index < -0.39 is 0 Å². The molecule has 0 spiro atoms. The van der Waals surface area contributed by atoms with Crippen LogP contribution in [0.5, 0.6) is 0 Å². The zero-order chi connectivity index (χ0) is 14.7. The van der Waals surface area contributed by atoms with Crippen molar-refractivity contribution in [2.75, 3.05) is 0 Å². The standard InChI is InChI=1S/C15H9BrN2O2S/c16-12-9-5-4-8-11(12)14(19)21-15-18-17-13(20-15)10-6-2-1-3-7-10/h1-9H. The quantitative estimate of drug-likeness (QED) is 0.646. The van der Waals surface area contributed by atoms with Gasteiger partial charge >= 0.3 is 0 Å². The molecule has 1 heterocycles. The van der Waals surface area contributed by atoms with Crippen molar-refractivity contribution < 1.29 is 9.21 Å². The Kier molecular flexibility index (Phi) is 4.17. The van der Waals surface area contributed by atoms with Gasteiger partial charge in [-0.1, -0.05) is 46.3 Å². The van der Waals surface area contributed by atoms with Crippen molar-refractivity contribution in [2.24, 2.45) is 0 Å². The summed E-state index contributed by atoms with van der Waals surface area (Å²) in [7, 11) is 0. The molecule has 0 aliphatic carbocycles. The third-order valence-corrected chi connectivity index (χ3v) is 4.14. The number of halogens is 1. The van der Waals surface area contributed by atoms with Crippen LogP contribution in [0.15, 0.2) is 68.7 Å². The van der Waals surface area contributed by atoms with Crippen LogP contribution in [0.2, 0.25) is 0 Å². The fourth-order valence-electron chi connectivity index (χ4n) is 1.71. The molecule has 104 valence electrons. The van der Waals surface area contributed by atoms with Crippen LogP contribution in [-0.4, -0.2) is 15.3 Å². The van der Waals surface area contributed by atoms with Crippen LogP contribution in [0.1, 0.15) is 10.4 Å². The van der Waals surface area contributed by atoms with Crippen molar-refractivity contribution >= 4 is 32.8 Å². The molecular weight excluding hydrogens is 352 g/mol. The number of nitrogens with zero attached hydrogens (tertiary/aromatic N) is 2. The first kappa shape index (κ1) is 14.0. The minimum Gasteiger partial charge on any atom is -0.411 e. The summed E-state index contributed by atoms with van der Waals surface area (Å²) < 4.78 is 6.25. The van der Waals surface area contributed by atoms with Crippen molar-refractivity contribution in [1.82, 2.24) is 10.2 Å². The number of rotatable bonds is 3. The Labute approximate surface area is 133 Å². The van der Waals surface area contributed by atoms with Gasteiger partial charge in [-0.05, 0) is 24.3 Å². The Morgan fingerprint density at radius 3 is 2.48 bits per heavy atom. The van der Waals surface area contributed by atoms with E-state index in [1.807, 2.05) is 48.5 Å². The Morgan fingerprint density at radius 1 is 1.00 bits per heavy atom. The lowest BCUT2D eigenvalue weighted by molar-refractivity contribution is 0.108. The van der Waals surface area contributed by atoms with Gasteiger partial charge in [-0.2, -0.15) is 0 Å². The number of carbonyl (C=O) groups excluding carboxylic acids is 1. The fraction of sp³-hybridized carbons (Fsp3) is 0. The summed E-state index contributed by atoms with van der Waals surface area (Å²) in [6.45, 7) is 0. The number of hydrogen-bond acceptors (Lipinski definition) is 5. The van der Waals surface area contributed by atoms with E-state index >= 15 is 0 Å². The summed E-state index contributed by atoms with van der Waals surface area (Å²) in [5.74, 6) is 0.401. The van der Waals surface area contributed by atoms with Gasteiger partial charge in [0.1, 0.15) is 0 Å². The van der Waals surface area contributed by atoms with Crippen LogP contribution >= 0.6 is 27.7 Å². The maximum absolute atomic E-state index is 12.2. The normalized spacial score (nSPS) is 10.5. The van der Waals surface area contributed by atoms with Crippen LogP contribution < -0.4 is 0 Å². The summed E-state index contributed by atoms with van der Waals surface area (Å²) in [4.78, 5) is 12.2. The Bertz CT molecular complexity index is 774. The van der Waals surface area contributed by atoms with E-state index in [0.29, 0.717) is 11.5 Å². The second-order valence-corrected chi connectivity index (χ2v) is 5.89. The Balaban J connectivity index is 1.79. The predicted molar refractivity (Wildman–Crippen MR) is 84.1 cm³/mol. The first-order valence-electron chi connectivity index (χ1n) is 6.09. The van der Waals surface area contributed by atoms with Gasteiger partial charge in [0.15, 0.2) is 0 Å². The molecule has 6 heteroatoms. The Morgan fingerprint density at radius 2 is 1.71 bits per heavy atom. The van der Waals surface area contributed by atoms with Crippen molar-refractivity contribution in [1.29, 1.82) is 0 Å². The molecule has 0 atom stereocenters. The fourth-order valence-corrected chi connectivity index (χ4v) is 2.95. The van der Waals surface area contributed by atoms with E-state index in [-0.39, 0.29) is 10.3 Å². The van der Waals surface area contributed by atoms with E-state index in [1.54, 1.807) is 6.07 Å². The number of aromatic nitrogens is 2. The molecule has 0 fully saturated rings. The van der Waals surface area contributed by atoms with E-state index in [0.717, 1.165) is 21.8 Å². The molecule has 0 radical (unpaired) electrons. The second kappa shape index (κ2) is 6.24. The van der Waals surface area contributed by atoms with Crippen LogP contribution in [0, 0.1) is 0 Å². The van der Waals surface area contributed by atoms with Crippen molar-refractivity contribution in [3.63, 3.8) is 0 Å².